The van der Waals surface area contributed by atoms with Crippen molar-refractivity contribution in [2.75, 3.05) is 25.5 Å². The molecule has 3 rings (SSSR count). The lowest BCUT2D eigenvalue weighted by Crippen LogP contribution is -2.42. The maximum atomic E-state index is 12.7. The van der Waals surface area contributed by atoms with Crippen molar-refractivity contribution in [1.82, 2.24) is 20.2 Å². The minimum Gasteiger partial charge on any atom is -0.359 e. The predicted octanol–water partition coefficient (Wildman–Crippen LogP) is 1.82. The Hall–Kier alpha value is -2.96. The van der Waals surface area contributed by atoms with Crippen LogP contribution in [0.1, 0.15) is 23.2 Å². The maximum absolute atomic E-state index is 12.7. The van der Waals surface area contributed by atoms with E-state index in [1.165, 1.54) is 0 Å². The third-order valence-corrected chi connectivity index (χ3v) is 4.33. The molecule has 1 aromatic carbocycles. The largest absolute Gasteiger partial charge is 0.359 e. The van der Waals surface area contributed by atoms with Crippen LogP contribution in [0, 0.1) is 5.92 Å². The molecule has 1 aromatic heterocycles. The number of aromatic nitrogens is 2. The highest BCUT2D eigenvalue weighted by Crippen LogP contribution is 2.21. The maximum Gasteiger partial charge on any atom is 0.253 e. The fraction of sp³-hybridized carbons (Fsp3) is 0.333. The van der Waals surface area contributed by atoms with E-state index in [1.807, 2.05) is 12.1 Å². The van der Waals surface area contributed by atoms with Crippen molar-refractivity contribution in [3.63, 3.8) is 0 Å². The number of benzene rings is 1. The summed E-state index contributed by atoms with van der Waals surface area (Å²) in [4.78, 5) is 34.4. The monoisotopic (exact) mass is 339 g/mol. The fourth-order valence-corrected chi connectivity index (χ4v) is 2.95. The summed E-state index contributed by atoms with van der Waals surface area (Å²) in [6.45, 7) is 1.19. The lowest BCUT2D eigenvalue weighted by Gasteiger charge is -2.31. The van der Waals surface area contributed by atoms with Crippen LogP contribution in [0.3, 0.4) is 0 Å². The van der Waals surface area contributed by atoms with Crippen LogP contribution in [-0.2, 0) is 4.79 Å². The first-order chi connectivity index (χ1) is 12.2. The topological polar surface area (TPSA) is 87.2 Å². The lowest BCUT2D eigenvalue weighted by atomic mass is 9.95. The van der Waals surface area contributed by atoms with Crippen LogP contribution in [0.15, 0.2) is 42.7 Å². The molecule has 2 N–H and O–H groups in total. The highest BCUT2D eigenvalue weighted by molar-refractivity contribution is 5.95. The molecule has 7 heteroatoms. The van der Waals surface area contributed by atoms with E-state index in [1.54, 1.807) is 42.5 Å². The molecule has 0 radical (unpaired) electrons. The molecule has 1 aliphatic rings. The SMILES string of the molecule is CNC(=O)C1CCN(C(=O)c2cccc(Nc3ncccn3)c2)CC1. The minimum absolute atomic E-state index is 0.00252. The van der Waals surface area contributed by atoms with Gasteiger partial charge in [0.2, 0.25) is 11.9 Å². The van der Waals surface area contributed by atoms with Gasteiger partial charge in [-0.05, 0) is 37.1 Å². The summed E-state index contributed by atoms with van der Waals surface area (Å²) in [5.74, 6) is 0.518. The number of rotatable bonds is 4. The first-order valence-electron chi connectivity index (χ1n) is 8.32. The van der Waals surface area contributed by atoms with Crippen LogP contribution in [-0.4, -0.2) is 46.8 Å². The van der Waals surface area contributed by atoms with Crippen molar-refractivity contribution in [1.29, 1.82) is 0 Å². The van der Waals surface area contributed by atoms with Crippen molar-refractivity contribution >= 4 is 23.5 Å². The van der Waals surface area contributed by atoms with Gasteiger partial charge >= 0.3 is 0 Å². The molecular weight excluding hydrogens is 318 g/mol. The van der Waals surface area contributed by atoms with E-state index in [4.69, 9.17) is 0 Å². The fourth-order valence-electron chi connectivity index (χ4n) is 2.95. The number of carbonyl (C=O) groups excluding carboxylic acids is 2. The molecule has 1 saturated heterocycles. The molecule has 2 amide bonds. The Bertz CT molecular complexity index is 742. The molecule has 1 aliphatic heterocycles. The highest BCUT2D eigenvalue weighted by Gasteiger charge is 2.27. The van der Waals surface area contributed by atoms with E-state index in [0.29, 0.717) is 37.4 Å². The summed E-state index contributed by atoms with van der Waals surface area (Å²) >= 11 is 0. The van der Waals surface area contributed by atoms with Crippen molar-refractivity contribution in [2.45, 2.75) is 12.8 Å². The van der Waals surface area contributed by atoms with Gasteiger partial charge < -0.3 is 15.5 Å². The van der Waals surface area contributed by atoms with Gasteiger partial charge in [-0.1, -0.05) is 6.07 Å². The number of anilines is 2. The van der Waals surface area contributed by atoms with Crippen LogP contribution >= 0.6 is 0 Å². The summed E-state index contributed by atoms with van der Waals surface area (Å²) in [5, 5.41) is 5.76. The van der Waals surface area contributed by atoms with Crippen molar-refractivity contribution < 1.29 is 9.59 Å². The van der Waals surface area contributed by atoms with Gasteiger partial charge in [-0.25, -0.2) is 9.97 Å². The molecule has 0 atom stereocenters. The first-order valence-corrected chi connectivity index (χ1v) is 8.32. The second-order valence-electron chi connectivity index (χ2n) is 5.96. The number of piperidine rings is 1. The zero-order valence-corrected chi connectivity index (χ0v) is 14.1. The van der Waals surface area contributed by atoms with Crippen molar-refractivity contribution in [3.8, 4) is 0 Å². The summed E-state index contributed by atoms with van der Waals surface area (Å²) in [5.41, 5.74) is 1.37. The predicted molar refractivity (Wildman–Crippen MR) is 94.5 cm³/mol. The standard InChI is InChI=1S/C18H21N5O2/c1-19-16(24)13-6-10-23(11-7-13)17(25)14-4-2-5-15(12-14)22-18-20-8-3-9-21-18/h2-5,8-9,12-13H,6-7,10-11H2,1H3,(H,19,24)(H,20,21,22). The average Bonchev–Trinajstić information content (AvgIpc) is 2.68. The minimum atomic E-state index is -0.0204. The quantitative estimate of drug-likeness (QED) is 0.887. The average molecular weight is 339 g/mol. The van der Waals surface area contributed by atoms with Gasteiger partial charge in [0, 0.05) is 49.7 Å². The normalized spacial score (nSPS) is 14.8. The molecule has 2 heterocycles. The van der Waals surface area contributed by atoms with Gasteiger partial charge in [-0.3, -0.25) is 9.59 Å². The van der Waals surface area contributed by atoms with Crippen molar-refractivity contribution in [2.24, 2.45) is 5.92 Å². The molecule has 0 spiro atoms. The Morgan fingerprint density at radius 1 is 1.12 bits per heavy atom. The summed E-state index contributed by atoms with van der Waals surface area (Å²) < 4.78 is 0. The van der Waals surface area contributed by atoms with E-state index in [2.05, 4.69) is 20.6 Å². The van der Waals surface area contributed by atoms with Crippen LogP contribution < -0.4 is 10.6 Å². The molecule has 0 bridgehead atoms. The zero-order valence-electron chi connectivity index (χ0n) is 14.1. The van der Waals surface area contributed by atoms with Gasteiger partial charge in [-0.2, -0.15) is 0 Å². The van der Waals surface area contributed by atoms with E-state index in [0.717, 1.165) is 5.69 Å². The number of amides is 2. The van der Waals surface area contributed by atoms with E-state index < -0.39 is 0 Å². The summed E-state index contributed by atoms with van der Waals surface area (Å²) in [6, 6.07) is 9.03. The number of likely N-dealkylation sites (tertiary alicyclic amines) is 1. The molecule has 7 nitrogen and oxygen atoms in total. The third-order valence-electron chi connectivity index (χ3n) is 4.33. The summed E-state index contributed by atoms with van der Waals surface area (Å²) in [7, 11) is 1.65. The second-order valence-corrected chi connectivity index (χ2v) is 5.96. The van der Waals surface area contributed by atoms with Crippen LogP contribution in [0.2, 0.25) is 0 Å². The summed E-state index contributed by atoms with van der Waals surface area (Å²) in [6.07, 6.45) is 4.70. The Balaban J connectivity index is 1.65. The molecule has 2 aromatic rings. The Labute approximate surface area is 146 Å². The first kappa shape index (κ1) is 16.9. The molecule has 130 valence electrons. The third kappa shape index (κ3) is 4.12. The Morgan fingerprint density at radius 3 is 2.52 bits per heavy atom. The van der Waals surface area contributed by atoms with Gasteiger partial charge in [0.05, 0.1) is 0 Å². The molecule has 25 heavy (non-hydrogen) atoms. The van der Waals surface area contributed by atoms with Gasteiger partial charge in [0.1, 0.15) is 0 Å². The molecule has 0 aliphatic carbocycles. The second kappa shape index (κ2) is 7.74. The van der Waals surface area contributed by atoms with Crippen LogP contribution in [0.4, 0.5) is 11.6 Å². The van der Waals surface area contributed by atoms with Gasteiger partial charge in [0.25, 0.3) is 5.91 Å². The number of hydrogen-bond acceptors (Lipinski definition) is 5. The molecular formula is C18H21N5O2. The highest BCUT2D eigenvalue weighted by atomic mass is 16.2. The van der Waals surface area contributed by atoms with Gasteiger partial charge in [0.15, 0.2) is 0 Å². The van der Waals surface area contributed by atoms with E-state index in [9.17, 15) is 9.59 Å². The van der Waals surface area contributed by atoms with Gasteiger partial charge in [-0.15, -0.1) is 0 Å². The Kier molecular flexibility index (Phi) is 5.23. The van der Waals surface area contributed by atoms with E-state index in [-0.39, 0.29) is 17.7 Å². The zero-order chi connectivity index (χ0) is 17.6. The smallest absolute Gasteiger partial charge is 0.253 e. The number of nitrogens with zero attached hydrogens (tertiary/aromatic N) is 3. The molecule has 1 fully saturated rings. The Morgan fingerprint density at radius 2 is 1.84 bits per heavy atom. The van der Waals surface area contributed by atoms with E-state index >= 15 is 0 Å². The van der Waals surface area contributed by atoms with Crippen molar-refractivity contribution in [3.05, 3.63) is 48.3 Å². The number of carbonyl (C=O) groups is 2. The number of hydrogen-bond donors (Lipinski definition) is 2. The molecule has 0 unspecified atom stereocenters. The van der Waals surface area contributed by atoms with Crippen LogP contribution in [0.25, 0.3) is 0 Å². The lowest BCUT2D eigenvalue weighted by molar-refractivity contribution is -0.125. The van der Waals surface area contributed by atoms with Crippen LogP contribution in [0.5, 0.6) is 0 Å². The molecule has 0 saturated carbocycles. The number of nitrogens with one attached hydrogen (secondary N) is 2.